The molecule has 1 spiro atoms. The minimum absolute atomic E-state index is 0.0459. The van der Waals surface area contributed by atoms with E-state index in [1.807, 2.05) is 55.5 Å². The van der Waals surface area contributed by atoms with Gasteiger partial charge in [0.05, 0.1) is 43.2 Å². The first kappa shape index (κ1) is 38.4. The van der Waals surface area contributed by atoms with Crippen LogP contribution in [0, 0.1) is 11.8 Å². The number of allylic oxidation sites excluding steroid dienone is 1. The second kappa shape index (κ2) is 17.1. The van der Waals surface area contributed by atoms with Gasteiger partial charge in [-0.3, -0.25) is 19.2 Å². The fraction of sp³-hybridized carbons (Fsp3) is 0.487. The van der Waals surface area contributed by atoms with Crippen LogP contribution in [0.15, 0.2) is 86.0 Å². The molecule has 3 amide bonds. The summed E-state index contributed by atoms with van der Waals surface area (Å²) >= 11 is 3.73. The monoisotopic (exact) mass is 765 g/mol. The standard InChI is InChI=1S/C39H48BrN3O8/c1-5-8-19-30(45)41-29(24-49-4)33(26-17-13-10-14-18-26)50-38(48)31-32-36(46)43(27(7-3)23-44)35(39(32)21-28(40)34(31)51-39)37(47)42(20-6-2)22-25-15-11-9-12-16-25/h5-6,9-18,27-29,31-35,44H,1-2,7-8,19-24H2,3-4H3,(H,41,45)/t27-,28?,29-,31-,32+,33-,34-,35-,39+/m0/s1. The molecule has 5 rings (SSSR count). The first-order chi connectivity index (χ1) is 24.6. The highest BCUT2D eigenvalue weighted by molar-refractivity contribution is 9.09. The molecule has 3 aliphatic rings. The number of rotatable bonds is 18. The lowest BCUT2D eigenvalue weighted by Gasteiger charge is -2.39. The number of likely N-dealkylation sites (tertiary alicyclic amines) is 1. The summed E-state index contributed by atoms with van der Waals surface area (Å²) in [4.78, 5) is 59.6. The molecule has 274 valence electrons. The molecule has 51 heavy (non-hydrogen) atoms. The Kier molecular flexibility index (Phi) is 12.9. The summed E-state index contributed by atoms with van der Waals surface area (Å²) in [5, 5.41) is 13.4. The van der Waals surface area contributed by atoms with Crippen LogP contribution in [-0.4, -0.2) is 100 Å². The molecule has 3 aliphatic heterocycles. The number of alkyl halides is 1. The molecule has 11 nitrogen and oxygen atoms in total. The van der Waals surface area contributed by atoms with E-state index in [4.69, 9.17) is 14.2 Å². The average molecular weight is 767 g/mol. The van der Waals surface area contributed by atoms with Gasteiger partial charge < -0.3 is 34.4 Å². The zero-order valence-electron chi connectivity index (χ0n) is 29.2. The van der Waals surface area contributed by atoms with Gasteiger partial charge in [0.15, 0.2) is 0 Å². The predicted molar refractivity (Wildman–Crippen MR) is 194 cm³/mol. The van der Waals surface area contributed by atoms with Gasteiger partial charge >= 0.3 is 5.97 Å². The summed E-state index contributed by atoms with van der Waals surface area (Å²) in [6, 6.07) is 16.0. The number of nitrogens with zero attached hydrogens (tertiary/aromatic N) is 2. The molecule has 0 aromatic heterocycles. The molecule has 3 heterocycles. The zero-order valence-corrected chi connectivity index (χ0v) is 30.8. The fourth-order valence-corrected chi connectivity index (χ4v) is 8.86. The van der Waals surface area contributed by atoms with Crippen LogP contribution >= 0.6 is 15.9 Å². The van der Waals surface area contributed by atoms with Crippen LogP contribution < -0.4 is 5.32 Å². The molecule has 2 aromatic carbocycles. The molecule has 3 saturated heterocycles. The van der Waals surface area contributed by atoms with Gasteiger partial charge in [0.1, 0.15) is 17.7 Å². The van der Waals surface area contributed by atoms with Crippen LogP contribution in [0.4, 0.5) is 0 Å². The summed E-state index contributed by atoms with van der Waals surface area (Å²) in [6.45, 7) is 9.56. The van der Waals surface area contributed by atoms with Crippen molar-refractivity contribution in [3.63, 3.8) is 0 Å². The molecule has 9 atom stereocenters. The Balaban J connectivity index is 1.52. The van der Waals surface area contributed by atoms with Gasteiger partial charge in [-0.15, -0.1) is 13.2 Å². The summed E-state index contributed by atoms with van der Waals surface area (Å²) < 4.78 is 18.5. The summed E-state index contributed by atoms with van der Waals surface area (Å²) in [5.74, 6) is -3.83. The molecule has 0 radical (unpaired) electrons. The van der Waals surface area contributed by atoms with E-state index in [2.05, 4.69) is 34.4 Å². The number of carbonyl (C=O) groups excluding carboxylic acids is 4. The largest absolute Gasteiger partial charge is 0.455 e. The third-order valence-corrected chi connectivity index (χ3v) is 11.0. The number of esters is 1. The number of methoxy groups -OCH3 is 1. The Hall–Kier alpha value is -3.84. The quantitative estimate of drug-likeness (QED) is 0.132. The Labute approximate surface area is 308 Å². The number of carbonyl (C=O) groups is 4. The number of hydrogen-bond donors (Lipinski definition) is 2. The van der Waals surface area contributed by atoms with Crippen LogP contribution in [-0.2, 0) is 39.9 Å². The van der Waals surface area contributed by atoms with Crippen molar-refractivity contribution in [2.24, 2.45) is 11.8 Å². The third-order valence-electron chi connectivity index (χ3n) is 10.2. The van der Waals surface area contributed by atoms with Gasteiger partial charge in [-0.25, -0.2) is 0 Å². The van der Waals surface area contributed by atoms with Crippen LogP contribution in [0.1, 0.15) is 49.8 Å². The maximum atomic E-state index is 14.8. The highest BCUT2D eigenvalue weighted by Gasteiger charge is 2.77. The van der Waals surface area contributed by atoms with Crippen molar-refractivity contribution in [2.75, 3.05) is 26.9 Å². The second-order valence-electron chi connectivity index (χ2n) is 13.4. The van der Waals surface area contributed by atoms with E-state index in [-0.39, 0.29) is 49.4 Å². The van der Waals surface area contributed by atoms with Gasteiger partial charge in [0.25, 0.3) is 0 Å². The Morgan fingerprint density at radius 3 is 2.43 bits per heavy atom. The number of nitrogens with one attached hydrogen (secondary N) is 1. The van der Waals surface area contributed by atoms with E-state index in [0.717, 1.165) is 5.56 Å². The number of aliphatic hydroxyl groups excluding tert-OH is 1. The van der Waals surface area contributed by atoms with Gasteiger partial charge in [0, 0.05) is 31.4 Å². The van der Waals surface area contributed by atoms with Crippen LogP contribution in [0.5, 0.6) is 0 Å². The fourth-order valence-electron chi connectivity index (χ4n) is 7.91. The first-order valence-electron chi connectivity index (χ1n) is 17.5. The molecular weight excluding hydrogens is 718 g/mol. The maximum Gasteiger partial charge on any atom is 0.313 e. The molecule has 2 aromatic rings. The topological polar surface area (TPSA) is 135 Å². The predicted octanol–water partition coefficient (Wildman–Crippen LogP) is 4.10. The van der Waals surface area contributed by atoms with Crippen molar-refractivity contribution in [2.45, 2.75) is 79.9 Å². The number of halogens is 1. The number of hydrogen-bond acceptors (Lipinski definition) is 8. The smallest absolute Gasteiger partial charge is 0.313 e. The Morgan fingerprint density at radius 1 is 1.14 bits per heavy atom. The van der Waals surface area contributed by atoms with E-state index in [1.54, 1.807) is 29.2 Å². The maximum absolute atomic E-state index is 14.8. The van der Waals surface area contributed by atoms with Crippen molar-refractivity contribution in [3.8, 4) is 0 Å². The first-order valence-corrected chi connectivity index (χ1v) is 18.4. The number of aliphatic hydroxyl groups is 1. The minimum atomic E-state index is -1.36. The molecular formula is C39H48BrN3O8. The van der Waals surface area contributed by atoms with E-state index in [1.165, 1.54) is 12.0 Å². The average Bonchev–Trinajstić information content (AvgIpc) is 3.73. The van der Waals surface area contributed by atoms with Crippen molar-refractivity contribution < 1.29 is 38.5 Å². The summed E-state index contributed by atoms with van der Waals surface area (Å²) in [7, 11) is 1.50. The van der Waals surface area contributed by atoms with Crippen molar-refractivity contribution >= 4 is 39.6 Å². The zero-order chi connectivity index (χ0) is 36.7. The van der Waals surface area contributed by atoms with Crippen molar-refractivity contribution in [3.05, 3.63) is 97.1 Å². The van der Waals surface area contributed by atoms with Gasteiger partial charge in [-0.2, -0.15) is 0 Å². The van der Waals surface area contributed by atoms with Gasteiger partial charge in [0.2, 0.25) is 17.7 Å². The lowest BCUT2D eigenvalue weighted by atomic mass is 9.70. The molecule has 2 N–H and O–H groups in total. The molecule has 1 unspecified atom stereocenters. The second-order valence-corrected chi connectivity index (χ2v) is 14.5. The van der Waals surface area contributed by atoms with E-state index in [9.17, 15) is 24.3 Å². The SMILES string of the molecule is C=CCCC(=O)N[C@@H](COC)[C@@H](OC(=O)[C@@H]1[C@H]2O[C@@]3(CC2Br)[C@H](C(=O)N(CC=C)Cc2ccccc2)N([C@@H](CC)CO)C(=O)[C@@H]13)c1ccccc1. The number of amides is 3. The van der Waals surface area contributed by atoms with Crippen LogP contribution in [0.25, 0.3) is 0 Å². The summed E-state index contributed by atoms with van der Waals surface area (Å²) in [6.07, 6.45) is 2.91. The molecule has 0 aliphatic carbocycles. The third kappa shape index (κ3) is 7.69. The van der Waals surface area contributed by atoms with Gasteiger partial charge in [-0.1, -0.05) is 95.7 Å². The van der Waals surface area contributed by atoms with E-state index >= 15 is 0 Å². The Bertz CT molecular complexity index is 1560. The van der Waals surface area contributed by atoms with Gasteiger partial charge in [-0.05, 0) is 30.4 Å². The molecule has 2 bridgehead atoms. The highest BCUT2D eigenvalue weighted by atomic mass is 79.9. The number of ether oxygens (including phenoxy) is 3. The lowest BCUT2D eigenvalue weighted by Crippen LogP contribution is -2.58. The highest BCUT2D eigenvalue weighted by Crippen LogP contribution is 2.61. The lowest BCUT2D eigenvalue weighted by molar-refractivity contribution is -0.163. The molecule has 12 heteroatoms. The minimum Gasteiger partial charge on any atom is -0.455 e. The Morgan fingerprint density at radius 2 is 1.82 bits per heavy atom. The van der Waals surface area contributed by atoms with E-state index < -0.39 is 59.6 Å². The van der Waals surface area contributed by atoms with Crippen molar-refractivity contribution in [1.82, 2.24) is 15.1 Å². The number of fused-ring (bicyclic) bond motifs is 1. The number of benzene rings is 2. The van der Waals surface area contributed by atoms with Crippen molar-refractivity contribution in [1.29, 1.82) is 0 Å². The van der Waals surface area contributed by atoms with Crippen LogP contribution in [0.3, 0.4) is 0 Å². The van der Waals surface area contributed by atoms with Crippen LogP contribution in [0.2, 0.25) is 0 Å². The molecule has 3 fully saturated rings. The van der Waals surface area contributed by atoms with E-state index in [0.29, 0.717) is 24.8 Å². The summed E-state index contributed by atoms with van der Waals surface area (Å²) in [5.41, 5.74) is 0.172. The normalized spacial score (nSPS) is 26.5. The molecule has 0 saturated carbocycles.